The number of hydrogen-bond acceptors (Lipinski definition) is 3. The number of likely N-dealkylation sites (tertiary alicyclic amines) is 1. The Kier molecular flexibility index (Phi) is 4.16. The number of nitrogens with zero attached hydrogens (tertiary/aromatic N) is 3. The maximum atomic E-state index is 11.7. The monoisotopic (exact) mass is 285 g/mol. The van der Waals surface area contributed by atoms with E-state index < -0.39 is 11.5 Å². The van der Waals surface area contributed by atoms with Crippen LogP contribution in [-0.4, -0.2) is 37.6 Å². The minimum absolute atomic E-state index is 0.537. The molecular formula is C13H20ClN3O2. The maximum Gasteiger partial charge on any atom is 0.324 e. The summed E-state index contributed by atoms with van der Waals surface area (Å²) in [7, 11) is 1.85. The molecule has 1 atom stereocenters. The predicted octanol–water partition coefficient (Wildman–Crippen LogP) is 2.29. The molecule has 1 aliphatic heterocycles. The highest BCUT2D eigenvalue weighted by Crippen LogP contribution is 2.35. The van der Waals surface area contributed by atoms with Crippen molar-refractivity contribution >= 4 is 17.6 Å². The molecule has 1 saturated heterocycles. The largest absolute Gasteiger partial charge is 0.480 e. The summed E-state index contributed by atoms with van der Waals surface area (Å²) in [4.78, 5) is 18.0. The quantitative estimate of drug-likeness (QED) is 0.902. The predicted molar refractivity (Wildman–Crippen MR) is 73.1 cm³/mol. The van der Waals surface area contributed by atoms with Crippen LogP contribution in [0.2, 0.25) is 5.15 Å². The molecule has 0 aliphatic carbocycles. The van der Waals surface area contributed by atoms with E-state index in [2.05, 4.69) is 4.98 Å². The highest BCUT2D eigenvalue weighted by Gasteiger charge is 2.46. The summed E-state index contributed by atoms with van der Waals surface area (Å²) in [5, 5.41) is 10.2. The van der Waals surface area contributed by atoms with Crippen molar-refractivity contribution in [3.05, 3.63) is 17.2 Å². The number of carbonyl (C=O) groups is 1. The molecule has 1 aromatic heterocycles. The molecular weight excluding hydrogens is 266 g/mol. The topological polar surface area (TPSA) is 58.4 Å². The average molecular weight is 286 g/mol. The van der Waals surface area contributed by atoms with Crippen molar-refractivity contribution in [2.75, 3.05) is 6.54 Å². The fourth-order valence-corrected chi connectivity index (χ4v) is 3.10. The van der Waals surface area contributed by atoms with E-state index in [1.54, 1.807) is 10.8 Å². The van der Waals surface area contributed by atoms with Crippen LogP contribution in [0.25, 0.3) is 0 Å². The Hall–Kier alpha value is -1.07. The van der Waals surface area contributed by atoms with Gasteiger partial charge < -0.3 is 9.67 Å². The third-order valence-corrected chi connectivity index (χ3v) is 4.40. The number of aliphatic carboxylic acids is 1. The molecule has 1 aliphatic rings. The standard InChI is InChI=1S/C13H20ClN3O2/c1-3-5-13(12(18)19)6-4-7-17(13)9-11-15-8-10(14)16(11)2/h8H,3-7,9H2,1-2H3,(H,18,19). The summed E-state index contributed by atoms with van der Waals surface area (Å²) < 4.78 is 1.80. The summed E-state index contributed by atoms with van der Waals surface area (Å²) in [6.07, 6.45) is 4.79. The molecule has 1 fully saturated rings. The van der Waals surface area contributed by atoms with Gasteiger partial charge in [-0.1, -0.05) is 24.9 Å². The molecule has 19 heavy (non-hydrogen) atoms. The Morgan fingerprint density at radius 1 is 1.63 bits per heavy atom. The molecule has 2 heterocycles. The van der Waals surface area contributed by atoms with Gasteiger partial charge >= 0.3 is 5.97 Å². The summed E-state index contributed by atoms with van der Waals surface area (Å²) in [5.41, 5.74) is -0.729. The van der Waals surface area contributed by atoms with Crippen molar-refractivity contribution in [2.45, 2.75) is 44.7 Å². The van der Waals surface area contributed by atoms with Gasteiger partial charge in [0.2, 0.25) is 0 Å². The highest BCUT2D eigenvalue weighted by atomic mass is 35.5. The summed E-state index contributed by atoms with van der Waals surface area (Å²) in [6.45, 7) is 3.37. The lowest BCUT2D eigenvalue weighted by Gasteiger charge is -2.34. The Labute approximate surface area is 118 Å². The van der Waals surface area contributed by atoms with Gasteiger partial charge in [-0.15, -0.1) is 0 Å². The van der Waals surface area contributed by atoms with E-state index in [1.807, 2.05) is 18.9 Å². The third kappa shape index (κ3) is 2.49. The zero-order chi connectivity index (χ0) is 14.0. The number of carboxylic acid groups (broad SMARTS) is 1. The van der Waals surface area contributed by atoms with Crippen molar-refractivity contribution in [3.63, 3.8) is 0 Å². The van der Waals surface area contributed by atoms with E-state index in [0.29, 0.717) is 24.5 Å². The molecule has 1 aromatic rings. The molecule has 0 saturated carbocycles. The lowest BCUT2D eigenvalue weighted by molar-refractivity contribution is -0.150. The molecule has 0 aromatic carbocycles. The fraction of sp³-hybridized carbons (Fsp3) is 0.692. The molecule has 0 bridgehead atoms. The Balaban J connectivity index is 2.22. The first-order chi connectivity index (χ1) is 9.01. The Morgan fingerprint density at radius 2 is 2.37 bits per heavy atom. The van der Waals surface area contributed by atoms with Crippen molar-refractivity contribution < 1.29 is 9.90 Å². The molecule has 0 amide bonds. The van der Waals surface area contributed by atoms with E-state index in [1.165, 1.54) is 0 Å². The number of carboxylic acids is 1. The van der Waals surface area contributed by atoms with Gasteiger partial charge in [0.15, 0.2) is 0 Å². The van der Waals surface area contributed by atoms with Gasteiger partial charge in [0.1, 0.15) is 16.5 Å². The molecule has 5 nitrogen and oxygen atoms in total. The summed E-state index contributed by atoms with van der Waals surface area (Å²) in [5.74, 6) is 0.0979. The highest BCUT2D eigenvalue weighted by molar-refractivity contribution is 6.29. The molecule has 0 radical (unpaired) electrons. The van der Waals surface area contributed by atoms with Crippen LogP contribution in [-0.2, 0) is 18.4 Å². The minimum Gasteiger partial charge on any atom is -0.480 e. The van der Waals surface area contributed by atoms with E-state index in [0.717, 1.165) is 25.2 Å². The van der Waals surface area contributed by atoms with Gasteiger partial charge in [-0.25, -0.2) is 4.98 Å². The van der Waals surface area contributed by atoms with E-state index in [9.17, 15) is 9.90 Å². The Bertz CT molecular complexity index is 474. The minimum atomic E-state index is -0.729. The van der Waals surface area contributed by atoms with Crippen LogP contribution in [0.5, 0.6) is 0 Å². The summed E-state index contributed by atoms with van der Waals surface area (Å²) in [6, 6.07) is 0. The van der Waals surface area contributed by atoms with Gasteiger partial charge in [-0.05, 0) is 25.8 Å². The zero-order valence-electron chi connectivity index (χ0n) is 11.4. The van der Waals surface area contributed by atoms with Crippen LogP contribution in [0.4, 0.5) is 0 Å². The van der Waals surface area contributed by atoms with Gasteiger partial charge in [0.25, 0.3) is 0 Å². The summed E-state index contributed by atoms with van der Waals surface area (Å²) >= 11 is 5.98. The van der Waals surface area contributed by atoms with Crippen LogP contribution < -0.4 is 0 Å². The molecule has 1 N–H and O–H groups in total. The van der Waals surface area contributed by atoms with Gasteiger partial charge in [0, 0.05) is 7.05 Å². The van der Waals surface area contributed by atoms with Crippen LogP contribution in [0.3, 0.4) is 0 Å². The molecule has 106 valence electrons. The van der Waals surface area contributed by atoms with Gasteiger partial charge in [0.05, 0.1) is 12.7 Å². The SMILES string of the molecule is CCCC1(C(=O)O)CCCN1Cc1ncc(Cl)n1C. The van der Waals surface area contributed by atoms with Crippen molar-refractivity contribution in [3.8, 4) is 0 Å². The van der Waals surface area contributed by atoms with Crippen LogP contribution in [0, 0.1) is 0 Å². The third-order valence-electron chi connectivity index (χ3n) is 4.05. The lowest BCUT2D eigenvalue weighted by atomic mass is 9.90. The van der Waals surface area contributed by atoms with E-state index >= 15 is 0 Å². The second-order valence-electron chi connectivity index (χ2n) is 5.17. The van der Waals surface area contributed by atoms with E-state index in [4.69, 9.17) is 11.6 Å². The smallest absolute Gasteiger partial charge is 0.324 e. The van der Waals surface area contributed by atoms with Crippen LogP contribution >= 0.6 is 11.6 Å². The van der Waals surface area contributed by atoms with Crippen molar-refractivity contribution in [1.82, 2.24) is 14.5 Å². The first kappa shape index (κ1) is 14.3. The molecule has 6 heteroatoms. The molecule has 0 spiro atoms. The molecule has 2 rings (SSSR count). The van der Waals surface area contributed by atoms with Crippen molar-refractivity contribution in [2.24, 2.45) is 7.05 Å². The van der Waals surface area contributed by atoms with Crippen LogP contribution in [0.1, 0.15) is 38.4 Å². The van der Waals surface area contributed by atoms with Crippen LogP contribution in [0.15, 0.2) is 6.20 Å². The Morgan fingerprint density at radius 3 is 2.89 bits per heavy atom. The first-order valence-electron chi connectivity index (χ1n) is 6.66. The second-order valence-corrected chi connectivity index (χ2v) is 5.56. The lowest BCUT2D eigenvalue weighted by Crippen LogP contribution is -2.50. The average Bonchev–Trinajstić information content (AvgIpc) is 2.90. The molecule has 1 unspecified atom stereocenters. The fourth-order valence-electron chi connectivity index (χ4n) is 2.95. The number of aromatic nitrogens is 2. The van der Waals surface area contributed by atoms with Crippen molar-refractivity contribution in [1.29, 1.82) is 0 Å². The maximum absolute atomic E-state index is 11.7. The van der Waals surface area contributed by atoms with E-state index in [-0.39, 0.29) is 0 Å². The van der Waals surface area contributed by atoms with Gasteiger partial charge in [-0.2, -0.15) is 0 Å². The number of halogens is 1. The van der Waals surface area contributed by atoms with Gasteiger partial charge in [-0.3, -0.25) is 9.69 Å². The number of hydrogen-bond donors (Lipinski definition) is 1. The number of rotatable bonds is 5. The normalized spacial score (nSPS) is 23.9. The number of imidazole rings is 1. The second kappa shape index (κ2) is 5.51. The first-order valence-corrected chi connectivity index (χ1v) is 7.03. The zero-order valence-corrected chi connectivity index (χ0v) is 12.2.